The molecule has 6 heteroatoms. The summed E-state index contributed by atoms with van der Waals surface area (Å²) in [4.78, 5) is 17.2. The van der Waals surface area contributed by atoms with Gasteiger partial charge in [0.15, 0.2) is 0 Å². The lowest BCUT2D eigenvalue weighted by molar-refractivity contribution is 0.00333. The summed E-state index contributed by atoms with van der Waals surface area (Å²) in [5.41, 5.74) is 4.22. The van der Waals surface area contributed by atoms with E-state index in [1.807, 2.05) is 47.4 Å². The second-order valence-electron chi connectivity index (χ2n) is 8.66. The fourth-order valence-corrected chi connectivity index (χ4v) is 4.38. The number of benzene rings is 3. The van der Waals surface area contributed by atoms with Crippen molar-refractivity contribution in [2.24, 2.45) is 0 Å². The maximum Gasteiger partial charge on any atom is 0.253 e. The molecule has 0 radical (unpaired) electrons. The van der Waals surface area contributed by atoms with Crippen LogP contribution in [-0.2, 0) is 11.3 Å². The minimum Gasteiger partial charge on any atom is -0.497 e. The number of ether oxygens (including phenoxy) is 2. The molecule has 1 heterocycles. The van der Waals surface area contributed by atoms with E-state index in [9.17, 15) is 4.79 Å². The van der Waals surface area contributed by atoms with Crippen molar-refractivity contribution in [3.8, 4) is 5.75 Å². The molecule has 178 valence electrons. The zero-order valence-corrected chi connectivity index (χ0v) is 21.3. The highest BCUT2D eigenvalue weighted by Crippen LogP contribution is 2.25. The van der Waals surface area contributed by atoms with Gasteiger partial charge in [0, 0.05) is 42.8 Å². The molecule has 1 aliphatic rings. The summed E-state index contributed by atoms with van der Waals surface area (Å²) in [7, 11) is 1.68. The van der Waals surface area contributed by atoms with Gasteiger partial charge in [-0.15, -0.1) is 0 Å². The van der Waals surface area contributed by atoms with Gasteiger partial charge in [0.25, 0.3) is 5.91 Å². The molecule has 1 amide bonds. The number of halogens is 1. The molecule has 1 saturated heterocycles. The Kier molecular flexibility index (Phi) is 8.38. The lowest BCUT2D eigenvalue weighted by atomic mass is 10.1. The van der Waals surface area contributed by atoms with Crippen LogP contribution in [-0.4, -0.2) is 55.5 Å². The molecular weight excluding hydrogens is 492 g/mol. The number of hydrogen-bond acceptors (Lipinski definition) is 4. The van der Waals surface area contributed by atoms with Gasteiger partial charge in [-0.3, -0.25) is 9.69 Å². The van der Waals surface area contributed by atoms with Crippen LogP contribution >= 0.6 is 15.9 Å². The van der Waals surface area contributed by atoms with Gasteiger partial charge in [-0.25, -0.2) is 0 Å². The first-order valence-corrected chi connectivity index (χ1v) is 12.4. The summed E-state index contributed by atoms with van der Waals surface area (Å²) in [6.45, 7) is 6.44. The number of piperazine rings is 1. The van der Waals surface area contributed by atoms with Crippen molar-refractivity contribution < 1.29 is 14.3 Å². The Labute approximate surface area is 210 Å². The molecule has 0 aliphatic carbocycles. The third-order valence-corrected chi connectivity index (χ3v) is 6.74. The van der Waals surface area contributed by atoms with Gasteiger partial charge in [0.2, 0.25) is 0 Å². The van der Waals surface area contributed by atoms with Gasteiger partial charge in [-0.05, 0) is 54.4 Å². The summed E-state index contributed by atoms with van der Waals surface area (Å²) in [6.07, 6.45) is -0.0925. The average Bonchev–Trinajstić information content (AvgIpc) is 2.88. The summed E-state index contributed by atoms with van der Waals surface area (Å²) >= 11 is 3.43. The number of carbonyl (C=O) groups is 1. The molecule has 3 aromatic carbocycles. The topological polar surface area (TPSA) is 42.0 Å². The Hall–Kier alpha value is -2.67. The highest BCUT2D eigenvalue weighted by Gasteiger charge is 2.25. The fourth-order valence-electron chi connectivity index (χ4n) is 4.12. The van der Waals surface area contributed by atoms with Gasteiger partial charge in [-0.2, -0.15) is 0 Å². The van der Waals surface area contributed by atoms with Gasteiger partial charge < -0.3 is 14.4 Å². The van der Waals surface area contributed by atoms with Crippen LogP contribution < -0.4 is 4.74 Å². The molecule has 0 aromatic heterocycles. The number of amides is 1. The van der Waals surface area contributed by atoms with E-state index in [1.54, 1.807) is 7.11 Å². The predicted molar refractivity (Wildman–Crippen MR) is 138 cm³/mol. The normalized spacial score (nSPS) is 15.2. The molecule has 0 N–H and O–H groups in total. The van der Waals surface area contributed by atoms with Crippen molar-refractivity contribution in [2.75, 3.05) is 39.8 Å². The van der Waals surface area contributed by atoms with E-state index in [2.05, 4.69) is 58.1 Å². The third kappa shape index (κ3) is 6.47. The standard InChI is InChI=1S/C28H31BrN2O3/c1-21-6-8-22(9-7-21)20-34-27(24-4-3-5-26(18-24)33-2)19-30-14-16-31(17-15-30)28(32)23-10-12-25(29)13-11-23/h3-13,18,27H,14-17,19-20H2,1-2H3. The first-order chi connectivity index (χ1) is 16.5. The first-order valence-electron chi connectivity index (χ1n) is 11.6. The van der Waals surface area contributed by atoms with Crippen LogP contribution in [0.2, 0.25) is 0 Å². The maximum absolute atomic E-state index is 12.9. The predicted octanol–water partition coefficient (Wildman–Crippen LogP) is 5.48. The molecule has 5 nitrogen and oxygen atoms in total. The zero-order valence-electron chi connectivity index (χ0n) is 19.7. The molecule has 4 rings (SSSR count). The number of nitrogens with zero attached hydrogens (tertiary/aromatic N) is 2. The lowest BCUT2D eigenvalue weighted by Crippen LogP contribution is -2.49. The van der Waals surface area contributed by atoms with Crippen molar-refractivity contribution in [1.82, 2.24) is 9.80 Å². The monoisotopic (exact) mass is 522 g/mol. The summed E-state index contributed by atoms with van der Waals surface area (Å²) in [5.74, 6) is 0.915. The molecule has 0 spiro atoms. The Morgan fingerprint density at radius 1 is 0.971 bits per heavy atom. The van der Waals surface area contributed by atoms with Crippen LogP contribution in [0.4, 0.5) is 0 Å². The molecule has 0 saturated carbocycles. The first kappa shape index (κ1) is 24.5. The molecule has 1 unspecified atom stereocenters. The molecule has 1 aliphatic heterocycles. The van der Waals surface area contributed by atoms with E-state index < -0.39 is 0 Å². The SMILES string of the molecule is COc1cccc(C(CN2CCN(C(=O)c3ccc(Br)cc3)CC2)OCc2ccc(C)cc2)c1. The van der Waals surface area contributed by atoms with E-state index in [1.165, 1.54) is 5.56 Å². The second-order valence-corrected chi connectivity index (χ2v) is 9.58. The van der Waals surface area contributed by atoms with Gasteiger partial charge in [-0.1, -0.05) is 57.9 Å². The Morgan fingerprint density at radius 3 is 2.35 bits per heavy atom. The summed E-state index contributed by atoms with van der Waals surface area (Å²) < 4.78 is 12.8. The van der Waals surface area contributed by atoms with E-state index in [0.717, 1.165) is 46.5 Å². The molecular formula is C28H31BrN2O3. The molecule has 1 fully saturated rings. The van der Waals surface area contributed by atoms with E-state index >= 15 is 0 Å². The minimum absolute atomic E-state index is 0.0899. The average molecular weight is 523 g/mol. The Bertz CT molecular complexity index is 1080. The van der Waals surface area contributed by atoms with Crippen LogP contribution in [0.25, 0.3) is 0 Å². The number of carbonyl (C=O) groups excluding carboxylic acids is 1. The second kappa shape index (κ2) is 11.6. The summed E-state index contributed by atoms with van der Waals surface area (Å²) in [6, 6.07) is 24.1. The van der Waals surface area contributed by atoms with Crippen molar-refractivity contribution in [3.63, 3.8) is 0 Å². The number of methoxy groups -OCH3 is 1. The van der Waals surface area contributed by atoms with E-state index in [-0.39, 0.29) is 12.0 Å². The minimum atomic E-state index is -0.0925. The fraction of sp³-hybridized carbons (Fsp3) is 0.321. The Balaban J connectivity index is 1.40. The van der Waals surface area contributed by atoms with Gasteiger partial charge in [0.05, 0.1) is 19.8 Å². The van der Waals surface area contributed by atoms with Crippen LogP contribution in [0.1, 0.15) is 33.2 Å². The van der Waals surface area contributed by atoms with Crippen molar-refractivity contribution in [3.05, 3.63) is 99.5 Å². The van der Waals surface area contributed by atoms with Gasteiger partial charge >= 0.3 is 0 Å². The van der Waals surface area contributed by atoms with E-state index in [0.29, 0.717) is 19.7 Å². The van der Waals surface area contributed by atoms with Gasteiger partial charge in [0.1, 0.15) is 5.75 Å². The maximum atomic E-state index is 12.9. The number of aryl methyl sites for hydroxylation is 1. The smallest absolute Gasteiger partial charge is 0.253 e. The zero-order chi connectivity index (χ0) is 23.9. The number of hydrogen-bond donors (Lipinski definition) is 0. The molecule has 3 aromatic rings. The third-order valence-electron chi connectivity index (χ3n) is 6.21. The van der Waals surface area contributed by atoms with Crippen LogP contribution in [0.5, 0.6) is 5.75 Å². The highest BCUT2D eigenvalue weighted by molar-refractivity contribution is 9.10. The van der Waals surface area contributed by atoms with Crippen molar-refractivity contribution in [1.29, 1.82) is 0 Å². The van der Waals surface area contributed by atoms with E-state index in [4.69, 9.17) is 9.47 Å². The van der Waals surface area contributed by atoms with Crippen molar-refractivity contribution >= 4 is 21.8 Å². The molecule has 34 heavy (non-hydrogen) atoms. The van der Waals surface area contributed by atoms with Crippen molar-refractivity contribution in [2.45, 2.75) is 19.6 Å². The largest absolute Gasteiger partial charge is 0.497 e. The van der Waals surface area contributed by atoms with Crippen LogP contribution in [0.3, 0.4) is 0 Å². The molecule has 1 atom stereocenters. The quantitative estimate of drug-likeness (QED) is 0.392. The highest BCUT2D eigenvalue weighted by atomic mass is 79.9. The molecule has 0 bridgehead atoms. The summed E-state index contributed by atoms with van der Waals surface area (Å²) in [5, 5.41) is 0. The van der Waals surface area contributed by atoms with Crippen LogP contribution in [0, 0.1) is 6.92 Å². The Morgan fingerprint density at radius 2 is 1.68 bits per heavy atom. The van der Waals surface area contributed by atoms with Crippen LogP contribution in [0.15, 0.2) is 77.3 Å². The lowest BCUT2D eigenvalue weighted by Gasteiger charge is -2.36. The number of rotatable bonds is 8.